The van der Waals surface area contributed by atoms with Gasteiger partial charge in [0.15, 0.2) is 17.4 Å². The maximum Gasteiger partial charge on any atom is 0.293 e. The van der Waals surface area contributed by atoms with Gasteiger partial charge in [0.1, 0.15) is 11.6 Å². The summed E-state index contributed by atoms with van der Waals surface area (Å²) in [5, 5.41) is 4.46. The third-order valence-electron chi connectivity index (χ3n) is 5.25. The molecular weight excluding hydrogens is 418 g/mol. The van der Waals surface area contributed by atoms with Crippen LogP contribution in [-0.2, 0) is 11.8 Å². The summed E-state index contributed by atoms with van der Waals surface area (Å²) in [6.45, 7) is 3.15. The van der Waals surface area contributed by atoms with Crippen LogP contribution in [0, 0.1) is 0 Å². The third kappa shape index (κ3) is 4.64. The van der Waals surface area contributed by atoms with Crippen LogP contribution in [0.2, 0.25) is 5.02 Å². The van der Waals surface area contributed by atoms with Crippen molar-refractivity contribution in [1.29, 1.82) is 0 Å². The number of rotatable bonds is 6. The number of piperidine rings is 1. The van der Waals surface area contributed by atoms with E-state index in [1.807, 2.05) is 18.2 Å². The summed E-state index contributed by atoms with van der Waals surface area (Å²) in [5.74, 6) is 1.17. The van der Waals surface area contributed by atoms with E-state index in [1.54, 1.807) is 19.3 Å². The Balaban J connectivity index is 1.65. The van der Waals surface area contributed by atoms with Crippen molar-refractivity contribution in [1.82, 2.24) is 14.5 Å². The largest absolute Gasteiger partial charge is 0.480 e. The van der Waals surface area contributed by atoms with Gasteiger partial charge in [0.25, 0.3) is 5.56 Å². The molecule has 1 aliphatic rings. The van der Waals surface area contributed by atoms with Crippen molar-refractivity contribution in [3.8, 4) is 5.75 Å². The number of benzene rings is 1. The molecule has 1 fully saturated rings. The van der Waals surface area contributed by atoms with E-state index < -0.39 is 0 Å². The minimum atomic E-state index is -0.292. The van der Waals surface area contributed by atoms with Gasteiger partial charge in [0, 0.05) is 31.2 Å². The molecule has 0 saturated carbocycles. The zero-order valence-corrected chi connectivity index (χ0v) is 18.3. The van der Waals surface area contributed by atoms with E-state index in [-0.39, 0.29) is 23.7 Å². The highest BCUT2D eigenvalue weighted by molar-refractivity contribution is 6.32. The molecule has 3 heterocycles. The molecule has 3 aromatic rings. The molecule has 0 atom stereocenters. The zero-order chi connectivity index (χ0) is 22.0. The molecule has 2 aromatic heterocycles. The lowest BCUT2D eigenvalue weighted by atomic mass is 10.1. The molecule has 0 bridgehead atoms. The number of aromatic nitrogens is 3. The van der Waals surface area contributed by atoms with Gasteiger partial charge in [-0.25, -0.2) is 4.98 Å². The van der Waals surface area contributed by atoms with Gasteiger partial charge in [-0.1, -0.05) is 11.6 Å². The molecule has 1 aromatic carbocycles. The number of ketones is 1. The summed E-state index contributed by atoms with van der Waals surface area (Å²) in [5.41, 5.74) is 1.21. The highest BCUT2D eigenvalue weighted by Crippen LogP contribution is 2.28. The normalized spacial score (nSPS) is 14.0. The van der Waals surface area contributed by atoms with Gasteiger partial charge >= 0.3 is 0 Å². The van der Waals surface area contributed by atoms with Gasteiger partial charge in [-0.15, -0.1) is 0 Å². The fourth-order valence-corrected chi connectivity index (χ4v) is 3.78. The number of Topliss-reactive ketones (excluding diaryl/α,β-unsaturated/α-hetero) is 1. The maximum atomic E-state index is 12.5. The second-order valence-electron chi connectivity index (χ2n) is 7.68. The van der Waals surface area contributed by atoms with Crippen LogP contribution in [0.3, 0.4) is 0 Å². The number of anilines is 3. The number of carbonyl (C=O) groups excluding carboxylic acids is 1. The van der Waals surface area contributed by atoms with Crippen LogP contribution >= 0.6 is 11.6 Å². The predicted molar refractivity (Wildman–Crippen MR) is 122 cm³/mol. The lowest BCUT2D eigenvalue weighted by Gasteiger charge is -2.26. The van der Waals surface area contributed by atoms with Crippen LogP contribution in [0.1, 0.15) is 26.2 Å². The van der Waals surface area contributed by atoms with Crippen molar-refractivity contribution >= 4 is 45.7 Å². The van der Waals surface area contributed by atoms with Crippen molar-refractivity contribution in [2.45, 2.75) is 26.2 Å². The third-order valence-corrected chi connectivity index (χ3v) is 5.53. The number of fused-ring (bicyclic) bond motifs is 1. The maximum absolute atomic E-state index is 12.5. The predicted octanol–water partition coefficient (Wildman–Crippen LogP) is 3.68. The van der Waals surface area contributed by atoms with Crippen LogP contribution in [0.5, 0.6) is 5.75 Å². The second-order valence-corrected chi connectivity index (χ2v) is 8.08. The number of aryl methyl sites for hydroxylation is 1. The van der Waals surface area contributed by atoms with Gasteiger partial charge < -0.3 is 19.5 Å². The van der Waals surface area contributed by atoms with E-state index in [9.17, 15) is 9.59 Å². The van der Waals surface area contributed by atoms with Crippen LogP contribution < -0.4 is 20.5 Å². The highest BCUT2D eigenvalue weighted by Gasteiger charge is 2.16. The number of hydrogen-bond donors (Lipinski definition) is 1. The van der Waals surface area contributed by atoms with Gasteiger partial charge in [-0.3, -0.25) is 9.59 Å². The first kappa shape index (κ1) is 21.1. The minimum absolute atomic E-state index is 0.134. The monoisotopic (exact) mass is 441 g/mol. The second kappa shape index (κ2) is 8.93. The summed E-state index contributed by atoms with van der Waals surface area (Å²) in [4.78, 5) is 34.9. The first-order valence-electron chi connectivity index (χ1n) is 10.2. The molecule has 0 aliphatic carbocycles. The van der Waals surface area contributed by atoms with Crippen LogP contribution in [0.15, 0.2) is 35.3 Å². The van der Waals surface area contributed by atoms with Gasteiger partial charge in [0.2, 0.25) is 5.95 Å². The lowest BCUT2D eigenvalue weighted by molar-refractivity contribution is -0.118. The SMILES string of the molecule is CC(=O)COc1cc2cc(Nc3nc(N4CCCCC4)ncc3Cl)ccc2n(C)c1=O. The Morgan fingerprint density at radius 3 is 2.74 bits per heavy atom. The molecule has 0 unspecified atom stereocenters. The lowest BCUT2D eigenvalue weighted by Crippen LogP contribution is -2.31. The molecule has 162 valence electrons. The molecule has 1 N–H and O–H groups in total. The molecular formula is C22H24ClN5O3. The van der Waals surface area contributed by atoms with E-state index in [0.717, 1.165) is 42.5 Å². The summed E-state index contributed by atoms with van der Waals surface area (Å²) in [6.07, 6.45) is 5.10. The summed E-state index contributed by atoms with van der Waals surface area (Å²) < 4.78 is 6.90. The Bertz CT molecular complexity index is 1190. The minimum Gasteiger partial charge on any atom is -0.480 e. The molecule has 0 amide bonds. The van der Waals surface area contributed by atoms with E-state index in [2.05, 4.69) is 20.2 Å². The Morgan fingerprint density at radius 1 is 1.23 bits per heavy atom. The Labute approximate surface area is 184 Å². The molecule has 4 rings (SSSR count). The quantitative estimate of drug-likeness (QED) is 0.624. The standard InChI is InChI=1S/C22H24ClN5O3/c1-14(29)13-31-19-11-15-10-16(6-7-18(15)27(2)21(19)30)25-20-17(23)12-24-22(26-20)28-8-4-3-5-9-28/h6-7,10-12H,3-5,8-9,13H2,1-2H3,(H,24,25,26). The number of hydrogen-bond acceptors (Lipinski definition) is 7. The van der Waals surface area contributed by atoms with Crippen molar-refractivity contribution in [2.24, 2.45) is 7.05 Å². The number of pyridine rings is 1. The Hall–Kier alpha value is -3.13. The molecule has 0 radical (unpaired) electrons. The fraction of sp³-hybridized carbons (Fsp3) is 0.364. The van der Waals surface area contributed by atoms with Gasteiger partial charge in [-0.05, 0) is 50.5 Å². The number of nitrogens with zero attached hydrogens (tertiary/aromatic N) is 4. The molecule has 0 spiro atoms. The number of ether oxygens (including phenoxy) is 1. The first-order valence-corrected chi connectivity index (χ1v) is 10.6. The topological polar surface area (TPSA) is 89.3 Å². The fourth-order valence-electron chi connectivity index (χ4n) is 3.64. The average molecular weight is 442 g/mol. The molecule has 9 heteroatoms. The van der Waals surface area contributed by atoms with Gasteiger partial charge in [0.05, 0.1) is 11.7 Å². The van der Waals surface area contributed by atoms with E-state index in [4.69, 9.17) is 16.3 Å². The van der Waals surface area contributed by atoms with E-state index in [1.165, 1.54) is 17.9 Å². The van der Waals surface area contributed by atoms with Crippen LogP contribution in [0.25, 0.3) is 10.9 Å². The van der Waals surface area contributed by atoms with E-state index >= 15 is 0 Å². The van der Waals surface area contributed by atoms with Crippen LogP contribution in [-0.4, -0.2) is 40.0 Å². The number of halogens is 1. The summed E-state index contributed by atoms with van der Waals surface area (Å²) >= 11 is 6.34. The van der Waals surface area contributed by atoms with Crippen molar-refractivity contribution in [2.75, 3.05) is 29.9 Å². The molecule has 8 nitrogen and oxygen atoms in total. The number of carbonyl (C=O) groups is 1. The Kier molecular flexibility index (Phi) is 6.08. The highest BCUT2D eigenvalue weighted by atomic mass is 35.5. The smallest absolute Gasteiger partial charge is 0.293 e. The van der Waals surface area contributed by atoms with Crippen LogP contribution in [0.4, 0.5) is 17.5 Å². The Morgan fingerprint density at radius 2 is 2.00 bits per heavy atom. The van der Waals surface area contributed by atoms with Gasteiger partial charge in [-0.2, -0.15) is 4.98 Å². The van der Waals surface area contributed by atoms with Crippen molar-refractivity contribution in [3.63, 3.8) is 0 Å². The molecule has 31 heavy (non-hydrogen) atoms. The molecule has 1 aliphatic heterocycles. The van der Waals surface area contributed by atoms with Crippen molar-refractivity contribution < 1.29 is 9.53 Å². The van der Waals surface area contributed by atoms with Crippen molar-refractivity contribution in [3.05, 3.63) is 45.8 Å². The number of nitrogens with one attached hydrogen (secondary N) is 1. The van der Waals surface area contributed by atoms with E-state index in [0.29, 0.717) is 16.8 Å². The molecule has 1 saturated heterocycles. The zero-order valence-electron chi connectivity index (χ0n) is 17.5. The first-order chi connectivity index (χ1) is 14.9. The summed E-state index contributed by atoms with van der Waals surface area (Å²) in [6, 6.07) is 7.23. The summed E-state index contributed by atoms with van der Waals surface area (Å²) in [7, 11) is 1.67. The average Bonchev–Trinajstić information content (AvgIpc) is 2.77.